The van der Waals surface area contributed by atoms with Crippen LogP contribution >= 0.6 is 0 Å². The van der Waals surface area contributed by atoms with Crippen LogP contribution < -0.4 is 9.47 Å². The third kappa shape index (κ3) is 5.97. The minimum atomic E-state index is -3.42. The number of aromatic nitrogens is 2. The molecule has 1 fully saturated rings. The second kappa shape index (κ2) is 10.8. The highest BCUT2D eigenvalue weighted by atomic mass is 32.2. The summed E-state index contributed by atoms with van der Waals surface area (Å²) in [4.78, 5) is 23.4. The summed E-state index contributed by atoms with van der Waals surface area (Å²) in [5, 5.41) is -0.0347. The molecular formula is C26H27N3O8S. The van der Waals surface area contributed by atoms with Crippen LogP contribution in [0.4, 0.5) is 0 Å². The first-order valence-electron chi connectivity index (χ1n) is 12.0. The lowest BCUT2D eigenvalue weighted by molar-refractivity contribution is -0.142. The number of nitrogens with zero attached hydrogens (tertiary/aromatic N) is 2. The van der Waals surface area contributed by atoms with Gasteiger partial charge in [-0.2, -0.15) is 0 Å². The maximum Gasteiger partial charge on any atom is 0.334 e. The van der Waals surface area contributed by atoms with E-state index >= 15 is 0 Å². The third-order valence-electron chi connectivity index (χ3n) is 6.03. The summed E-state index contributed by atoms with van der Waals surface area (Å²) < 4.78 is 51.5. The molecule has 2 aromatic heterocycles. The number of aliphatic imine (C=N–C) groups is 1. The van der Waals surface area contributed by atoms with Crippen molar-refractivity contribution in [3.05, 3.63) is 54.4 Å². The van der Waals surface area contributed by atoms with Crippen LogP contribution in [0.15, 0.2) is 58.7 Å². The van der Waals surface area contributed by atoms with E-state index < -0.39 is 21.8 Å². The van der Waals surface area contributed by atoms with Crippen LogP contribution in [0, 0.1) is 0 Å². The van der Waals surface area contributed by atoms with E-state index in [2.05, 4.69) is 15.0 Å². The lowest BCUT2D eigenvalue weighted by atomic mass is 10.1. The molecule has 11 nitrogen and oxygen atoms in total. The molecule has 1 saturated heterocycles. The van der Waals surface area contributed by atoms with Crippen LogP contribution in [0.5, 0.6) is 17.2 Å². The number of methoxy groups -OCH3 is 1. The molecular weight excluding hydrogens is 514 g/mol. The van der Waals surface area contributed by atoms with Crippen molar-refractivity contribution in [3.63, 3.8) is 0 Å². The molecule has 0 bridgehead atoms. The topological polar surface area (TPSA) is 138 Å². The SMILES string of the molecule is COC(=O)[C@@H]1COC(c2ccc(-c3cc(Oc4ccc(S(C)(=O)=O)nc4)cc(OC4CCOCC4)c3)[nH]2)=N1. The van der Waals surface area contributed by atoms with E-state index in [9.17, 15) is 13.2 Å². The fourth-order valence-corrected chi connectivity index (χ4v) is 4.65. The van der Waals surface area contributed by atoms with E-state index in [0.29, 0.717) is 42.1 Å². The Bertz CT molecular complexity index is 1440. The Morgan fingerprint density at radius 1 is 1.03 bits per heavy atom. The van der Waals surface area contributed by atoms with Gasteiger partial charge in [-0.25, -0.2) is 23.2 Å². The molecule has 12 heteroatoms. The van der Waals surface area contributed by atoms with Crippen molar-refractivity contribution in [2.45, 2.75) is 30.0 Å². The highest BCUT2D eigenvalue weighted by Crippen LogP contribution is 2.33. The second-order valence-electron chi connectivity index (χ2n) is 8.90. The summed E-state index contributed by atoms with van der Waals surface area (Å²) in [5.74, 6) is 1.35. The number of hydrogen-bond donors (Lipinski definition) is 1. The first kappa shape index (κ1) is 25.7. The number of carbonyl (C=O) groups excluding carboxylic acids is 1. The summed E-state index contributed by atoms with van der Waals surface area (Å²) in [5.41, 5.74) is 2.14. The molecule has 5 rings (SSSR count). The van der Waals surface area contributed by atoms with Gasteiger partial charge in [-0.1, -0.05) is 0 Å². The van der Waals surface area contributed by atoms with Gasteiger partial charge in [-0.05, 0) is 36.4 Å². The quantitative estimate of drug-likeness (QED) is 0.426. The maximum atomic E-state index is 11.8. The van der Waals surface area contributed by atoms with Gasteiger partial charge in [0.25, 0.3) is 0 Å². The molecule has 4 heterocycles. The normalized spacial score (nSPS) is 17.9. The highest BCUT2D eigenvalue weighted by molar-refractivity contribution is 7.90. The molecule has 2 aliphatic heterocycles. The molecule has 2 aliphatic rings. The fraction of sp³-hybridized carbons (Fsp3) is 0.346. The van der Waals surface area contributed by atoms with Crippen LogP contribution in [0.3, 0.4) is 0 Å². The number of esters is 1. The molecule has 1 N–H and O–H groups in total. The molecule has 0 unspecified atom stereocenters. The molecule has 1 atom stereocenters. The standard InChI is InChI=1S/C26H27N3O8S/c1-33-26(30)23-15-35-25(29-23)22-5-4-21(28-22)16-11-19(36-17-7-9-34-10-8-17)13-20(12-16)37-18-3-6-24(27-14-18)38(2,31)32/h3-6,11-14,17,23,28H,7-10,15H2,1-2H3/t23-/m0/s1. The van der Waals surface area contributed by atoms with Crippen molar-refractivity contribution in [2.24, 2.45) is 4.99 Å². The van der Waals surface area contributed by atoms with Crippen LogP contribution in [0.2, 0.25) is 0 Å². The zero-order valence-corrected chi connectivity index (χ0v) is 21.7. The van der Waals surface area contributed by atoms with Gasteiger partial charge < -0.3 is 28.7 Å². The number of pyridine rings is 1. The Kier molecular flexibility index (Phi) is 7.34. The van der Waals surface area contributed by atoms with Gasteiger partial charge >= 0.3 is 5.97 Å². The van der Waals surface area contributed by atoms with Crippen LogP contribution in [-0.4, -0.2) is 75.6 Å². The molecule has 1 aromatic carbocycles. The molecule has 0 amide bonds. The number of aromatic amines is 1. The molecule has 3 aromatic rings. The summed E-state index contributed by atoms with van der Waals surface area (Å²) >= 11 is 0. The van der Waals surface area contributed by atoms with Crippen LogP contribution in [0.1, 0.15) is 18.5 Å². The molecule has 38 heavy (non-hydrogen) atoms. The fourth-order valence-electron chi connectivity index (χ4n) is 4.09. The van der Waals surface area contributed by atoms with Crippen molar-refractivity contribution >= 4 is 21.7 Å². The number of ether oxygens (including phenoxy) is 5. The predicted octanol–water partition coefficient (Wildman–Crippen LogP) is 3.15. The van der Waals surface area contributed by atoms with Gasteiger partial charge in [0.1, 0.15) is 35.7 Å². The molecule has 0 spiro atoms. The van der Waals surface area contributed by atoms with Crippen molar-refractivity contribution in [1.82, 2.24) is 9.97 Å². The molecule has 0 saturated carbocycles. The maximum absolute atomic E-state index is 11.8. The Morgan fingerprint density at radius 3 is 2.50 bits per heavy atom. The average molecular weight is 542 g/mol. The van der Waals surface area contributed by atoms with E-state index in [4.69, 9.17) is 23.7 Å². The zero-order chi connectivity index (χ0) is 26.7. The van der Waals surface area contributed by atoms with E-state index in [1.54, 1.807) is 12.1 Å². The Morgan fingerprint density at radius 2 is 1.79 bits per heavy atom. The van der Waals surface area contributed by atoms with Gasteiger partial charge in [-0.3, -0.25) is 0 Å². The van der Waals surface area contributed by atoms with Crippen molar-refractivity contribution in [3.8, 4) is 28.5 Å². The van der Waals surface area contributed by atoms with Crippen LogP contribution in [0.25, 0.3) is 11.3 Å². The van der Waals surface area contributed by atoms with Crippen molar-refractivity contribution in [1.29, 1.82) is 0 Å². The zero-order valence-electron chi connectivity index (χ0n) is 20.9. The molecule has 0 radical (unpaired) electrons. The van der Waals surface area contributed by atoms with Crippen molar-refractivity contribution < 1.29 is 36.9 Å². The lowest BCUT2D eigenvalue weighted by Crippen LogP contribution is -2.25. The number of sulfone groups is 1. The minimum absolute atomic E-state index is 0.0123. The Hall–Kier alpha value is -3.90. The third-order valence-corrected chi connectivity index (χ3v) is 7.03. The summed E-state index contributed by atoms with van der Waals surface area (Å²) in [7, 11) is -2.11. The van der Waals surface area contributed by atoms with Gasteiger partial charge in [-0.15, -0.1) is 0 Å². The lowest BCUT2D eigenvalue weighted by Gasteiger charge is -2.24. The summed E-state index contributed by atoms with van der Waals surface area (Å²) in [6.07, 6.45) is 4.03. The number of nitrogens with one attached hydrogen (secondary N) is 1. The predicted molar refractivity (Wildman–Crippen MR) is 136 cm³/mol. The van der Waals surface area contributed by atoms with Gasteiger partial charge in [0.15, 0.2) is 20.9 Å². The summed E-state index contributed by atoms with van der Waals surface area (Å²) in [6.45, 7) is 1.40. The van der Waals surface area contributed by atoms with E-state index in [1.165, 1.54) is 19.4 Å². The second-order valence-corrected chi connectivity index (χ2v) is 10.9. The smallest absolute Gasteiger partial charge is 0.334 e. The minimum Gasteiger partial charge on any atom is -0.490 e. The summed E-state index contributed by atoms with van der Waals surface area (Å²) in [6, 6.07) is 11.4. The average Bonchev–Trinajstić information content (AvgIpc) is 3.59. The number of carbonyl (C=O) groups is 1. The Labute approximate surface area is 219 Å². The molecule has 0 aliphatic carbocycles. The first-order chi connectivity index (χ1) is 18.3. The number of rotatable bonds is 8. The highest BCUT2D eigenvalue weighted by Gasteiger charge is 2.28. The van der Waals surface area contributed by atoms with E-state index in [-0.39, 0.29) is 17.7 Å². The van der Waals surface area contributed by atoms with E-state index in [1.807, 2.05) is 24.3 Å². The number of H-pyrrole nitrogens is 1. The molecule has 200 valence electrons. The Balaban J connectivity index is 1.43. The van der Waals surface area contributed by atoms with Crippen molar-refractivity contribution in [2.75, 3.05) is 33.2 Å². The first-order valence-corrected chi connectivity index (χ1v) is 13.9. The van der Waals surface area contributed by atoms with Gasteiger partial charge in [0, 0.05) is 36.4 Å². The monoisotopic (exact) mass is 541 g/mol. The van der Waals surface area contributed by atoms with E-state index in [0.717, 1.165) is 30.4 Å². The number of hydrogen-bond acceptors (Lipinski definition) is 10. The van der Waals surface area contributed by atoms with Crippen LogP contribution in [-0.2, 0) is 28.8 Å². The number of benzene rings is 1. The van der Waals surface area contributed by atoms with Gasteiger partial charge in [0.2, 0.25) is 5.90 Å². The van der Waals surface area contributed by atoms with Gasteiger partial charge in [0.05, 0.1) is 26.5 Å². The largest absolute Gasteiger partial charge is 0.490 e.